The summed E-state index contributed by atoms with van der Waals surface area (Å²) in [6.45, 7) is 1.88. The number of nitrogens with two attached hydrogens (primary N) is 1. The van der Waals surface area contributed by atoms with Gasteiger partial charge in [-0.15, -0.1) is 0 Å². The summed E-state index contributed by atoms with van der Waals surface area (Å²) < 4.78 is 4.66. The summed E-state index contributed by atoms with van der Waals surface area (Å²) in [6.07, 6.45) is 0.284. The van der Waals surface area contributed by atoms with Gasteiger partial charge < -0.3 is 15.4 Å². The van der Waals surface area contributed by atoms with E-state index in [9.17, 15) is 14.4 Å². The summed E-state index contributed by atoms with van der Waals surface area (Å²) in [5, 5.41) is -0.109. The lowest BCUT2D eigenvalue weighted by atomic mass is 10.1. The van der Waals surface area contributed by atoms with E-state index in [1.807, 2.05) is 0 Å². The van der Waals surface area contributed by atoms with Gasteiger partial charge in [0.05, 0.1) is 24.0 Å². The van der Waals surface area contributed by atoms with Gasteiger partial charge >= 0.3 is 5.97 Å². The molecule has 0 aliphatic carbocycles. The second kappa shape index (κ2) is 6.17. The number of esters is 1. The highest BCUT2D eigenvalue weighted by atomic mass is 32.2. The fourth-order valence-corrected chi connectivity index (χ4v) is 3.22. The maximum Gasteiger partial charge on any atom is 0.340 e. The third kappa shape index (κ3) is 3.18. The number of methoxy groups -OCH3 is 1. The van der Waals surface area contributed by atoms with Crippen molar-refractivity contribution < 1.29 is 19.1 Å². The van der Waals surface area contributed by atoms with Crippen LogP contribution in [0.1, 0.15) is 23.7 Å². The van der Waals surface area contributed by atoms with Crippen LogP contribution in [0, 0.1) is 0 Å². The molecular weight excluding hydrogens is 292 g/mol. The van der Waals surface area contributed by atoms with Crippen molar-refractivity contribution in [1.29, 1.82) is 0 Å². The predicted molar refractivity (Wildman–Crippen MR) is 81.2 cm³/mol. The van der Waals surface area contributed by atoms with Crippen LogP contribution in [0.15, 0.2) is 18.2 Å². The fraction of sp³-hybridized carbons (Fsp3) is 0.357. The lowest BCUT2D eigenvalue weighted by Gasteiger charge is -2.19. The first-order valence-corrected chi connectivity index (χ1v) is 7.26. The number of carbonyl (C=O) groups excluding carboxylic acids is 3. The Morgan fingerprint density at radius 1 is 1.43 bits per heavy atom. The smallest absolute Gasteiger partial charge is 0.340 e. The van der Waals surface area contributed by atoms with Crippen LogP contribution >= 0.6 is 11.8 Å². The molecular formula is C14H16N2O4S. The topological polar surface area (TPSA) is 89.7 Å². The van der Waals surface area contributed by atoms with Gasteiger partial charge in [-0.3, -0.25) is 9.59 Å². The first-order chi connectivity index (χ1) is 9.93. The van der Waals surface area contributed by atoms with Crippen LogP contribution in [-0.2, 0) is 14.3 Å². The molecule has 0 saturated carbocycles. The van der Waals surface area contributed by atoms with Gasteiger partial charge in [0.15, 0.2) is 5.12 Å². The van der Waals surface area contributed by atoms with Crippen molar-refractivity contribution in [1.82, 2.24) is 0 Å². The largest absolute Gasteiger partial charge is 0.465 e. The Morgan fingerprint density at radius 2 is 2.14 bits per heavy atom. The Bertz CT molecular complexity index is 603. The van der Waals surface area contributed by atoms with Crippen molar-refractivity contribution in [3.8, 4) is 0 Å². The van der Waals surface area contributed by atoms with E-state index in [2.05, 4.69) is 4.74 Å². The monoisotopic (exact) mass is 308 g/mol. The number of para-hydroxylation sites is 1. The zero-order valence-electron chi connectivity index (χ0n) is 11.8. The summed E-state index contributed by atoms with van der Waals surface area (Å²) in [7, 11) is 1.27. The number of anilines is 2. The molecule has 0 spiro atoms. The number of ether oxygens (including phenoxy) is 1. The molecule has 1 aromatic carbocycles. The summed E-state index contributed by atoms with van der Waals surface area (Å²) in [4.78, 5) is 36.4. The van der Waals surface area contributed by atoms with Crippen molar-refractivity contribution in [3.63, 3.8) is 0 Å². The van der Waals surface area contributed by atoms with Crippen molar-refractivity contribution >= 4 is 40.1 Å². The summed E-state index contributed by atoms with van der Waals surface area (Å²) in [6, 6.07) is 4.88. The van der Waals surface area contributed by atoms with E-state index < -0.39 is 5.97 Å². The van der Waals surface area contributed by atoms with Crippen LogP contribution < -0.4 is 10.6 Å². The van der Waals surface area contributed by atoms with Crippen molar-refractivity contribution in [3.05, 3.63) is 23.8 Å². The number of hydrogen-bond donors (Lipinski definition) is 1. The van der Waals surface area contributed by atoms with E-state index in [-0.39, 0.29) is 33.9 Å². The highest BCUT2D eigenvalue weighted by molar-refractivity contribution is 8.14. The second-order valence-corrected chi connectivity index (χ2v) is 6.15. The highest BCUT2D eigenvalue weighted by Crippen LogP contribution is 2.33. The molecule has 2 rings (SSSR count). The van der Waals surface area contributed by atoms with Gasteiger partial charge in [-0.1, -0.05) is 17.8 Å². The molecule has 2 N–H and O–H groups in total. The maximum atomic E-state index is 12.1. The molecule has 6 nitrogen and oxygen atoms in total. The van der Waals surface area contributed by atoms with Gasteiger partial charge in [0.1, 0.15) is 0 Å². The van der Waals surface area contributed by atoms with Crippen LogP contribution in [0.2, 0.25) is 0 Å². The van der Waals surface area contributed by atoms with Crippen LogP contribution in [-0.4, -0.2) is 35.9 Å². The number of carbonyl (C=O) groups is 3. The van der Waals surface area contributed by atoms with Crippen molar-refractivity contribution in [2.75, 3.05) is 24.3 Å². The van der Waals surface area contributed by atoms with Gasteiger partial charge in [-0.25, -0.2) is 4.79 Å². The van der Waals surface area contributed by atoms with E-state index in [0.717, 1.165) is 11.8 Å². The van der Waals surface area contributed by atoms with Gasteiger partial charge in [0.25, 0.3) is 0 Å². The minimum atomic E-state index is -0.546. The number of thioether (sulfide) groups is 1. The third-order valence-corrected chi connectivity index (χ3v) is 4.18. The molecule has 1 atom stereocenters. The molecule has 0 aromatic heterocycles. The molecule has 0 bridgehead atoms. The normalized spacial score (nSPS) is 17.9. The number of hydrogen-bond acceptors (Lipinski definition) is 6. The molecule has 0 radical (unpaired) electrons. The second-order valence-electron chi connectivity index (χ2n) is 4.67. The van der Waals surface area contributed by atoms with E-state index >= 15 is 0 Å². The molecule has 1 fully saturated rings. The van der Waals surface area contributed by atoms with Gasteiger partial charge in [-0.05, 0) is 12.1 Å². The molecule has 112 valence electrons. The third-order valence-electron chi connectivity index (χ3n) is 3.20. The van der Waals surface area contributed by atoms with E-state index in [0.29, 0.717) is 12.2 Å². The number of nitrogens with zero attached hydrogens (tertiary/aromatic N) is 1. The van der Waals surface area contributed by atoms with Gasteiger partial charge in [0.2, 0.25) is 5.91 Å². The van der Waals surface area contributed by atoms with Crippen molar-refractivity contribution in [2.45, 2.75) is 18.6 Å². The van der Waals surface area contributed by atoms with Gasteiger partial charge in [-0.2, -0.15) is 0 Å². The van der Waals surface area contributed by atoms with E-state index in [1.165, 1.54) is 18.9 Å². The SMILES string of the molecule is COC(=O)c1cccc(N2CC(SC(C)=O)CC2=O)c1N. The molecule has 1 aliphatic rings. The minimum Gasteiger partial charge on any atom is -0.465 e. The Labute approximate surface area is 126 Å². The van der Waals surface area contributed by atoms with Crippen molar-refractivity contribution in [2.24, 2.45) is 0 Å². The summed E-state index contributed by atoms with van der Waals surface area (Å²) in [5.41, 5.74) is 6.90. The van der Waals surface area contributed by atoms with Crippen LogP contribution in [0.25, 0.3) is 0 Å². The molecule has 1 aromatic rings. The quantitative estimate of drug-likeness (QED) is 0.671. The Hall–Kier alpha value is -2.02. The summed E-state index contributed by atoms with van der Waals surface area (Å²) in [5.74, 6) is -0.655. The standard InChI is InChI=1S/C14H16N2O4S/c1-8(17)21-9-6-12(18)16(7-9)11-5-3-4-10(13(11)15)14(19)20-2/h3-5,9H,6-7,15H2,1-2H3. The number of amides is 1. The molecule has 1 heterocycles. The lowest BCUT2D eigenvalue weighted by Crippen LogP contribution is -2.26. The number of rotatable bonds is 3. The van der Waals surface area contributed by atoms with Crippen LogP contribution in [0.5, 0.6) is 0 Å². The van der Waals surface area contributed by atoms with E-state index in [4.69, 9.17) is 5.73 Å². The first kappa shape index (κ1) is 15.4. The molecule has 21 heavy (non-hydrogen) atoms. The molecule has 7 heteroatoms. The molecule has 1 amide bonds. The Morgan fingerprint density at radius 3 is 2.76 bits per heavy atom. The summed E-state index contributed by atoms with van der Waals surface area (Å²) >= 11 is 1.15. The zero-order chi connectivity index (χ0) is 15.6. The number of benzene rings is 1. The average Bonchev–Trinajstić information content (AvgIpc) is 2.78. The maximum absolute atomic E-state index is 12.1. The highest BCUT2D eigenvalue weighted by Gasteiger charge is 2.33. The zero-order valence-corrected chi connectivity index (χ0v) is 12.6. The molecule has 1 saturated heterocycles. The average molecular weight is 308 g/mol. The predicted octanol–water partition coefficient (Wildman–Crippen LogP) is 1.44. The van der Waals surface area contributed by atoms with Crippen LogP contribution in [0.3, 0.4) is 0 Å². The molecule has 1 aliphatic heterocycles. The van der Waals surface area contributed by atoms with E-state index in [1.54, 1.807) is 18.2 Å². The minimum absolute atomic E-state index is 0.0223. The van der Waals surface area contributed by atoms with Gasteiger partial charge in [0, 0.05) is 25.1 Å². The Balaban J connectivity index is 2.28. The number of nitrogen functional groups attached to an aromatic ring is 1. The molecule has 1 unspecified atom stereocenters. The van der Waals surface area contributed by atoms with Crippen LogP contribution in [0.4, 0.5) is 11.4 Å². The lowest BCUT2D eigenvalue weighted by molar-refractivity contribution is -0.117. The first-order valence-electron chi connectivity index (χ1n) is 6.38. The Kier molecular flexibility index (Phi) is 4.52. The fourth-order valence-electron chi connectivity index (χ4n) is 2.30.